The predicted octanol–water partition coefficient (Wildman–Crippen LogP) is 11.7. The van der Waals surface area contributed by atoms with E-state index in [9.17, 15) is 74.9 Å². The number of unbranched alkanes of at least 4 members (excludes halogenated alkanes) is 42. The van der Waals surface area contributed by atoms with Gasteiger partial charge in [-0.2, -0.15) is 0 Å². The molecule has 2 saturated heterocycles. The van der Waals surface area contributed by atoms with Gasteiger partial charge in [-0.05, 0) is 19.3 Å². The summed E-state index contributed by atoms with van der Waals surface area (Å²) in [5.41, 5.74) is 0. The largest absolute Gasteiger partial charge is 0.472 e. The topological polar surface area (TPSA) is 374 Å². The summed E-state index contributed by atoms with van der Waals surface area (Å²) in [6.07, 6.45) is 15.9. The van der Waals surface area contributed by atoms with Gasteiger partial charge in [-0.3, -0.25) is 23.4 Å². The Morgan fingerprint density at radius 1 is 0.350 bits per heavy atom. The van der Waals surface area contributed by atoms with E-state index in [2.05, 4.69) is 20.8 Å². The van der Waals surface area contributed by atoms with Crippen molar-refractivity contribution >= 4 is 25.7 Å². The summed E-state index contributed by atoms with van der Waals surface area (Å²) < 4.78 is 65.1. The van der Waals surface area contributed by atoms with Gasteiger partial charge >= 0.3 is 25.7 Å². The lowest BCUT2D eigenvalue weighted by molar-refractivity contribution is -0.360. The van der Waals surface area contributed by atoms with Crippen LogP contribution in [-0.4, -0.2) is 204 Å². The number of aliphatic hydroxyl groups is 10. The van der Waals surface area contributed by atoms with Gasteiger partial charge in [-0.25, -0.2) is 4.57 Å². The van der Waals surface area contributed by atoms with Gasteiger partial charge in [0.15, 0.2) is 18.7 Å². The molecule has 100 heavy (non-hydrogen) atoms. The Morgan fingerprint density at radius 2 is 0.640 bits per heavy atom. The van der Waals surface area contributed by atoms with Crippen LogP contribution in [0.2, 0.25) is 0 Å². The first-order valence-corrected chi connectivity index (χ1v) is 41.3. The first-order chi connectivity index (χ1) is 48.3. The molecule has 18 unspecified atom stereocenters. The molecule has 0 spiro atoms. The fraction of sp³-hybridized carbons (Fsp3) is 0.960. The van der Waals surface area contributed by atoms with Crippen LogP contribution in [0.25, 0.3) is 0 Å². The van der Waals surface area contributed by atoms with Crippen molar-refractivity contribution in [3.05, 3.63) is 0 Å². The highest BCUT2D eigenvalue weighted by Crippen LogP contribution is 2.49. The number of carbonyl (C=O) groups is 3. The molecule has 3 rings (SSSR count). The average molecular weight is 1460 g/mol. The van der Waals surface area contributed by atoms with E-state index in [1.165, 1.54) is 180 Å². The molecule has 1 aliphatic carbocycles. The number of esters is 3. The first kappa shape index (κ1) is 92.2. The van der Waals surface area contributed by atoms with Gasteiger partial charge in [-0.1, -0.05) is 290 Å². The average Bonchev–Trinajstić information content (AvgIpc) is 0.761. The summed E-state index contributed by atoms with van der Waals surface area (Å²) in [6.45, 7) is 3.49. The standard InChI is InChI=1S/C75H141O24P/c1-4-7-10-13-16-19-22-24-26-28-30-32-35-37-40-43-46-49-59(77)91-53-56(94-61(79)51-48-45-42-39-34-21-18-15-12-9-6-3)54-93-100(89,90)99-73-71(97-74-69(87)64(82)62(80)57(52-76)95-74)67(85)66(84)68(86)72(73)98-75-70(88)65(83)63(81)58(96-75)55-92-60(78)50-47-44-41-38-36-33-31-29-27-25-23-20-17-14-11-8-5-2/h56-58,62-76,80-88H,4-55H2,1-3H3,(H,89,90). The number of aliphatic hydroxyl groups excluding tert-OH is 10. The van der Waals surface area contributed by atoms with Crippen LogP contribution in [0.4, 0.5) is 0 Å². The van der Waals surface area contributed by atoms with Crippen LogP contribution >= 0.6 is 7.82 Å². The van der Waals surface area contributed by atoms with Gasteiger partial charge in [-0.15, -0.1) is 0 Å². The molecule has 0 aromatic heterocycles. The zero-order valence-electron chi connectivity index (χ0n) is 61.8. The monoisotopic (exact) mass is 1460 g/mol. The molecule has 25 heteroatoms. The van der Waals surface area contributed by atoms with Crippen molar-refractivity contribution in [1.82, 2.24) is 0 Å². The molecule has 2 heterocycles. The predicted molar refractivity (Wildman–Crippen MR) is 379 cm³/mol. The lowest BCUT2D eigenvalue weighted by atomic mass is 9.84. The Bertz CT molecular complexity index is 2060. The molecule has 2 aliphatic heterocycles. The van der Waals surface area contributed by atoms with Crippen LogP contribution in [0.3, 0.4) is 0 Å². The summed E-state index contributed by atoms with van der Waals surface area (Å²) in [5.74, 6) is -1.97. The smallest absolute Gasteiger partial charge is 0.463 e. The molecular weight excluding hydrogens is 1320 g/mol. The molecule has 1 saturated carbocycles. The summed E-state index contributed by atoms with van der Waals surface area (Å²) in [4.78, 5) is 51.0. The quantitative estimate of drug-likeness (QED) is 0.0117. The van der Waals surface area contributed by atoms with Crippen LogP contribution in [0.5, 0.6) is 0 Å². The first-order valence-electron chi connectivity index (χ1n) is 39.8. The molecule has 590 valence electrons. The van der Waals surface area contributed by atoms with Crippen molar-refractivity contribution < 1.29 is 117 Å². The Labute approximate surface area is 600 Å². The maximum Gasteiger partial charge on any atom is 0.472 e. The van der Waals surface area contributed by atoms with E-state index >= 15 is 0 Å². The Kier molecular flexibility index (Phi) is 52.7. The van der Waals surface area contributed by atoms with Crippen molar-refractivity contribution in [2.24, 2.45) is 0 Å². The minimum absolute atomic E-state index is 0.0338. The Morgan fingerprint density at radius 3 is 0.980 bits per heavy atom. The molecule has 3 aliphatic rings. The van der Waals surface area contributed by atoms with E-state index < -0.39 is 156 Å². The van der Waals surface area contributed by atoms with Crippen LogP contribution in [0, 0.1) is 0 Å². The highest BCUT2D eigenvalue weighted by Gasteiger charge is 2.58. The van der Waals surface area contributed by atoms with Crippen molar-refractivity contribution in [1.29, 1.82) is 0 Å². The lowest BCUT2D eigenvalue weighted by Crippen LogP contribution is -2.69. The second kappa shape index (κ2) is 57.2. The number of hydrogen-bond acceptors (Lipinski definition) is 23. The fourth-order valence-electron chi connectivity index (χ4n) is 13.4. The molecule has 0 amide bonds. The molecule has 0 aromatic carbocycles. The van der Waals surface area contributed by atoms with Gasteiger partial charge < -0.3 is 89.1 Å². The molecule has 0 radical (unpaired) electrons. The fourth-order valence-corrected chi connectivity index (χ4v) is 14.4. The maximum atomic E-state index is 14.3. The molecule has 3 fully saturated rings. The number of rotatable bonds is 63. The van der Waals surface area contributed by atoms with Gasteiger partial charge in [0.2, 0.25) is 0 Å². The van der Waals surface area contributed by atoms with E-state index in [1.54, 1.807) is 0 Å². The van der Waals surface area contributed by atoms with Gasteiger partial charge in [0.25, 0.3) is 0 Å². The zero-order chi connectivity index (χ0) is 73.2. The minimum atomic E-state index is -5.69. The van der Waals surface area contributed by atoms with Crippen LogP contribution in [-0.2, 0) is 61.2 Å². The highest BCUT2D eigenvalue weighted by atomic mass is 31.2. The molecule has 0 aromatic rings. The number of phosphoric acid groups is 1. The van der Waals surface area contributed by atoms with Crippen molar-refractivity contribution in [2.45, 2.75) is 433 Å². The summed E-state index contributed by atoms with van der Waals surface area (Å²) in [6, 6.07) is 0. The third kappa shape index (κ3) is 39.5. The van der Waals surface area contributed by atoms with Gasteiger partial charge in [0, 0.05) is 19.3 Å². The number of ether oxygens (including phenoxy) is 7. The third-order valence-electron chi connectivity index (χ3n) is 19.9. The number of hydrogen-bond donors (Lipinski definition) is 11. The van der Waals surface area contributed by atoms with Crippen molar-refractivity contribution in [3.8, 4) is 0 Å². The van der Waals surface area contributed by atoms with Gasteiger partial charge in [0.1, 0.15) is 98.7 Å². The SMILES string of the molecule is CCCCCCCCCCCCCCCCCCCC(=O)OCC(COP(=O)(O)OC1C(OC2OC(CO)C(O)C(O)C2O)C(O)C(O)C(O)C1OC1OC(COC(=O)CCCCCCCCCCCCCCCCCCC)C(O)C(O)C1O)OC(=O)CCCCCCCCCCCCC. The Hall–Kier alpha value is -2.04. The van der Waals surface area contributed by atoms with Crippen molar-refractivity contribution in [2.75, 3.05) is 26.4 Å². The molecule has 0 bridgehead atoms. The normalized spacial score (nSPS) is 27.3. The van der Waals surface area contributed by atoms with Gasteiger partial charge in [0.05, 0.1) is 13.2 Å². The summed E-state index contributed by atoms with van der Waals surface area (Å²) in [5, 5.41) is 110. The zero-order valence-corrected chi connectivity index (χ0v) is 62.7. The van der Waals surface area contributed by atoms with E-state index in [4.69, 9.17) is 42.2 Å². The van der Waals surface area contributed by atoms with E-state index in [-0.39, 0.29) is 19.3 Å². The molecular formula is C75H141O24P. The molecule has 11 N–H and O–H groups in total. The maximum absolute atomic E-state index is 14.3. The summed E-state index contributed by atoms with van der Waals surface area (Å²) in [7, 11) is -5.69. The molecule has 18 atom stereocenters. The van der Waals surface area contributed by atoms with E-state index in [1.807, 2.05) is 0 Å². The highest BCUT2D eigenvalue weighted by molar-refractivity contribution is 7.47. The second-order valence-corrected chi connectivity index (χ2v) is 30.2. The summed E-state index contributed by atoms with van der Waals surface area (Å²) >= 11 is 0. The third-order valence-corrected chi connectivity index (χ3v) is 20.9. The van der Waals surface area contributed by atoms with Crippen molar-refractivity contribution in [3.63, 3.8) is 0 Å². The Balaban J connectivity index is 1.69. The molecule has 24 nitrogen and oxygen atoms in total. The van der Waals surface area contributed by atoms with E-state index in [0.717, 1.165) is 89.9 Å². The lowest BCUT2D eigenvalue weighted by Gasteiger charge is -2.49. The second-order valence-electron chi connectivity index (χ2n) is 28.8. The number of carbonyl (C=O) groups excluding carboxylic acids is 3. The van der Waals surface area contributed by atoms with Crippen LogP contribution in [0.1, 0.15) is 329 Å². The van der Waals surface area contributed by atoms with Crippen LogP contribution < -0.4 is 0 Å². The van der Waals surface area contributed by atoms with Crippen LogP contribution in [0.15, 0.2) is 0 Å². The van der Waals surface area contributed by atoms with E-state index in [0.29, 0.717) is 19.3 Å². The number of phosphoric ester groups is 1. The minimum Gasteiger partial charge on any atom is -0.463 e.